The predicted molar refractivity (Wildman–Crippen MR) is 55.8 cm³/mol. The van der Waals surface area contributed by atoms with E-state index in [1.807, 2.05) is 18.2 Å². The zero-order chi connectivity index (χ0) is 10.7. The summed E-state index contributed by atoms with van der Waals surface area (Å²) in [6.45, 7) is 0.426. The first kappa shape index (κ1) is 9.51. The quantitative estimate of drug-likeness (QED) is 0.708. The molecule has 0 atom stereocenters. The third-order valence-electron chi connectivity index (χ3n) is 2.17. The van der Waals surface area contributed by atoms with E-state index in [1.165, 1.54) is 0 Å². The van der Waals surface area contributed by atoms with Crippen LogP contribution in [0.5, 0.6) is 0 Å². The molecule has 78 valence electrons. The van der Waals surface area contributed by atoms with Gasteiger partial charge in [0.15, 0.2) is 0 Å². The van der Waals surface area contributed by atoms with Crippen molar-refractivity contribution in [2.24, 2.45) is 0 Å². The van der Waals surface area contributed by atoms with Gasteiger partial charge in [-0.25, -0.2) is 9.78 Å². The Bertz CT molecular complexity index is 478. The summed E-state index contributed by atoms with van der Waals surface area (Å²) in [5, 5.41) is 10.7. The number of H-pyrrole nitrogens is 1. The van der Waals surface area contributed by atoms with Crippen LogP contribution in [0.3, 0.4) is 0 Å². The average molecular weight is 205 g/mol. The molecule has 1 amide bonds. The Morgan fingerprint density at radius 1 is 1.53 bits per heavy atom. The van der Waals surface area contributed by atoms with E-state index in [-0.39, 0.29) is 0 Å². The predicted octanol–water partition coefficient (Wildman–Crippen LogP) is 1.37. The van der Waals surface area contributed by atoms with Crippen LogP contribution in [0.25, 0.3) is 11.0 Å². The minimum Gasteiger partial charge on any atom is -0.465 e. The third kappa shape index (κ3) is 2.25. The molecule has 5 nitrogen and oxygen atoms in total. The molecule has 0 saturated heterocycles. The molecule has 2 rings (SSSR count). The van der Waals surface area contributed by atoms with Gasteiger partial charge >= 0.3 is 6.09 Å². The zero-order valence-electron chi connectivity index (χ0n) is 8.03. The molecule has 5 heteroatoms. The van der Waals surface area contributed by atoms with E-state index in [0.29, 0.717) is 13.0 Å². The Morgan fingerprint density at radius 3 is 3.20 bits per heavy atom. The molecule has 0 spiro atoms. The first-order valence-electron chi connectivity index (χ1n) is 4.64. The number of fused-ring (bicyclic) bond motifs is 1. The van der Waals surface area contributed by atoms with Crippen molar-refractivity contribution < 1.29 is 9.90 Å². The average Bonchev–Trinajstić information content (AvgIpc) is 2.64. The first-order valence-corrected chi connectivity index (χ1v) is 4.64. The maximum Gasteiger partial charge on any atom is 0.404 e. The summed E-state index contributed by atoms with van der Waals surface area (Å²) in [7, 11) is 0. The topological polar surface area (TPSA) is 78.0 Å². The maximum atomic E-state index is 10.2. The van der Waals surface area contributed by atoms with E-state index in [9.17, 15) is 4.79 Å². The summed E-state index contributed by atoms with van der Waals surface area (Å²) in [6.07, 6.45) is 1.34. The molecule has 3 N–H and O–H groups in total. The second-order valence-electron chi connectivity index (χ2n) is 3.24. The number of aromatic nitrogens is 2. The van der Waals surface area contributed by atoms with Crippen molar-refractivity contribution in [3.8, 4) is 0 Å². The number of rotatable bonds is 3. The van der Waals surface area contributed by atoms with Gasteiger partial charge < -0.3 is 15.4 Å². The van der Waals surface area contributed by atoms with Crippen LogP contribution in [-0.4, -0.2) is 27.7 Å². The van der Waals surface area contributed by atoms with Crippen LogP contribution in [-0.2, 0) is 6.42 Å². The van der Waals surface area contributed by atoms with Gasteiger partial charge in [0.1, 0.15) is 0 Å². The molecule has 0 fully saturated rings. The summed E-state index contributed by atoms with van der Waals surface area (Å²) in [6, 6.07) is 5.85. The van der Waals surface area contributed by atoms with Gasteiger partial charge in [0.2, 0.25) is 0 Å². The lowest BCUT2D eigenvalue weighted by atomic mass is 10.1. The van der Waals surface area contributed by atoms with Crippen LogP contribution in [0.2, 0.25) is 0 Å². The molecule has 1 aromatic carbocycles. The summed E-state index contributed by atoms with van der Waals surface area (Å²) in [5.74, 6) is 0. The van der Waals surface area contributed by atoms with E-state index in [2.05, 4.69) is 15.3 Å². The second kappa shape index (κ2) is 4.00. The van der Waals surface area contributed by atoms with E-state index in [0.717, 1.165) is 16.6 Å². The minimum absolute atomic E-state index is 0.426. The third-order valence-corrected chi connectivity index (χ3v) is 2.17. The van der Waals surface area contributed by atoms with E-state index < -0.39 is 6.09 Å². The molecule has 1 heterocycles. The lowest BCUT2D eigenvalue weighted by molar-refractivity contribution is 0.194. The SMILES string of the molecule is O=C(O)NCCc1ccc2nc[nH]c2c1. The van der Waals surface area contributed by atoms with Crippen molar-refractivity contribution in [2.75, 3.05) is 6.54 Å². The molecule has 0 radical (unpaired) electrons. The Kier molecular flexibility index (Phi) is 2.53. The van der Waals surface area contributed by atoms with Crippen molar-refractivity contribution in [1.29, 1.82) is 0 Å². The highest BCUT2D eigenvalue weighted by Gasteiger charge is 1.99. The van der Waals surface area contributed by atoms with Gasteiger partial charge in [0.25, 0.3) is 0 Å². The van der Waals surface area contributed by atoms with Crippen LogP contribution in [0, 0.1) is 0 Å². The lowest BCUT2D eigenvalue weighted by Gasteiger charge is -2.01. The summed E-state index contributed by atoms with van der Waals surface area (Å²) >= 11 is 0. The number of nitrogens with zero attached hydrogens (tertiary/aromatic N) is 1. The molecule has 2 aromatic rings. The van der Waals surface area contributed by atoms with Gasteiger partial charge in [-0.1, -0.05) is 6.07 Å². The Hall–Kier alpha value is -2.04. The van der Waals surface area contributed by atoms with Gasteiger partial charge in [-0.05, 0) is 24.1 Å². The number of benzene rings is 1. The van der Waals surface area contributed by atoms with Gasteiger partial charge in [0, 0.05) is 6.54 Å². The van der Waals surface area contributed by atoms with E-state index >= 15 is 0 Å². The van der Waals surface area contributed by atoms with Crippen molar-refractivity contribution in [2.45, 2.75) is 6.42 Å². The standard InChI is InChI=1S/C10H11N3O2/c14-10(15)11-4-3-7-1-2-8-9(5-7)13-6-12-8/h1-2,5-6,11H,3-4H2,(H,12,13)(H,14,15). The summed E-state index contributed by atoms with van der Waals surface area (Å²) in [4.78, 5) is 17.3. The Labute approximate surface area is 86.1 Å². The number of carbonyl (C=O) groups is 1. The minimum atomic E-state index is -0.988. The Morgan fingerprint density at radius 2 is 2.40 bits per heavy atom. The van der Waals surface area contributed by atoms with Gasteiger partial charge in [-0.2, -0.15) is 0 Å². The second-order valence-corrected chi connectivity index (χ2v) is 3.24. The van der Waals surface area contributed by atoms with Crippen molar-refractivity contribution >= 4 is 17.1 Å². The molecule has 15 heavy (non-hydrogen) atoms. The molecular weight excluding hydrogens is 194 g/mol. The Balaban J connectivity index is 2.04. The lowest BCUT2D eigenvalue weighted by Crippen LogP contribution is -2.23. The smallest absolute Gasteiger partial charge is 0.404 e. The monoisotopic (exact) mass is 205 g/mol. The maximum absolute atomic E-state index is 10.2. The first-order chi connectivity index (χ1) is 7.25. The highest BCUT2D eigenvalue weighted by atomic mass is 16.4. The number of aromatic amines is 1. The fourth-order valence-corrected chi connectivity index (χ4v) is 1.45. The number of nitrogens with one attached hydrogen (secondary N) is 2. The van der Waals surface area contributed by atoms with Crippen LogP contribution < -0.4 is 5.32 Å². The highest BCUT2D eigenvalue weighted by Crippen LogP contribution is 2.11. The largest absolute Gasteiger partial charge is 0.465 e. The molecule has 0 saturated carbocycles. The molecule has 0 aliphatic carbocycles. The van der Waals surface area contributed by atoms with Crippen molar-refractivity contribution in [1.82, 2.24) is 15.3 Å². The molecule has 0 aliphatic rings. The van der Waals surface area contributed by atoms with Crippen LogP contribution in [0.4, 0.5) is 4.79 Å². The number of hydrogen-bond donors (Lipinski definition) is 3. The van der Waals surface area contributed by atoms with Gasteiger partial charge in [0.05, 0.1) is 17.4 Å². The molecule has 0 unspecified atom stereocenters. The van der Waals surface area contributed by atoms with E-state index in [1.54, 1.807) is 6.33 Å². The summed E-state index contributed by atoms with van der Waals surface area (Å²) < 4.78 is 0. The van der Waals surface area contributed by atoms with Crippen LogP contribution in [0.15, 0.2) is 24.5 Å². The highest BCUT2D eigenvalue weighted by molar-refractivity contribution is 5.75. The fraction of sp³-hybridized carbons (Fsp3) is 0.200. The van der Waals surface area contributed by atoms with Crippen LogP contribution in [0.1, 0.15) is 5.56 Å². The normalized spacial score (nSPS) is 10.4. The molecular formula is C10H11N3O2. The summed E-state index contributed by atoms with van der Waals surface area (Å²) in [5.41, 5.74) is 2.98. The van der Waals surface area contributed by atoms with Crippen LogP contribution >= 0.6 is 0 Å². The number of imidazole rings is 1. The van der Waals surface area contributed by atoms with Crippen molar-refractivity contribution in [3.05, 3.63) is 30.1 Å². The number of hydrogen-bond acceptors (Lipinski definition) is 2. The fourth-order valence-electron chi connectivity index (χ4n) is 1.45. The number of carboxylic acid groups (broad SMARTS) is 1. The van der Waals surface area contributed by atoms with E-state index in [4.69, 9.17) is 5.11 Å². The molecule has 0 bridgehead atoms. The van der Waals surface area contributed by atoms with Gasteiger partial charge in [-0.3, -0.25) is 0 Å². The van der Waals surface area contributed by atoms with Gasteiger partial charge in [-0.15, -0.1) is 0 Å². The number of amides is 1. The molecule has 0 aliphatic heterocycles. The van der Waals surface area contributed by atoms with Crippen molar-refractivity contribution in [3.63, 3.8) is 0 Å². The zero-order valence-corrected chi connectivity index (χ0v) is 8.03. The molecule has 1 aromatic heterocycles.